The number of nitrogens with zero attached hydrogens (tertiary/aromatic N) is 2. The van der Waals surface area contributed by atoms with Crippen molar-refractivity contribution >= 4 is 45.9 Å². The van der Waals surface area contributed by atoms with Crippen LogP contribution in [0.2, 0.25) is 5.02 Å². The molecule has 1 N–H and O–H groups in total. The molecule has 0 aliphatic carbocycles. The summed E-state index contributed by atoms with van der Waals surface area (Å²) in [5, 5.41) is 9.79. The van der Waals surface area contributed by atoms with Gasteiger partial charge in [0.05, 0.1) is 11.9 Å². The van der Waals surface area contributed by atoms with E-state index in [4.69, 9.17) is 11.6 Å². The number of carbonyl (C=O) groups is 1. The highest BCUT2D eigenvalue weighted by atomic mass is 35.5. The van der Waals surface area contributed by atoms with E-state index >= 15 is 0 Å². The van der Waals surface area contributed by atoms with Gasteiger partial charge in [0, 0.05) is 27.9 Å². The molecule has 1 aromatic heterocycles. The highest BCUT2D eigenvalue weighted by molar-refractivity contribution is 8.00. The molecule has 0 fully saturated rings. The Morgan fingerprint density at radius 1 is 1.26 bits per heavy atom. The fourth-order valence-corrected chi connectivity index (χ4v) is 3.64. The van der Waals surface area contributed by atoms with Crippen molar-refractivity contribution in [1.29, 1.82) is 0 Å². The number of halogens is 1. The van der Waals surface area contributed by atoms with Crippen molar-refractivity contribution in [2.24, 2.45) is 0 Å². The first kappa shape index (κ1) is 15.9. The van der Waals surface area contributed by atoms with Gasteiger partial charge >= 0.3 is 0 Å². The number of thioether (sulfide) groups is 1. The van der Waals surface area contributed by atoms with Crippen LogP contribution in [0.1, 0.15) is 6.92 Å². The topological polar surface area (TPSA) is 46.9 Å². The first-order valence-corrected chi connectivity index (χ1v) is 8.67. The third-order valence-electron chi connectivity index (χ3n) is 3.46. The largest absolute Gasteiger partial charge is 0.310 e. The Morgan fingerprint density at radius 3 is 2.83 bits per heavy atom. The molecule has 0 spiro atoms. The van der Waals surface area contributed by atoms with Crippen LogP contribution in [0.4, 0.5) is 5.82 Å². The summed E-state index contributed by atoms with van der Waals surface area (Å²) >= 11 is 7.79. The fourth-order valence-electron chi connectivity index (χ4n) is 2.40. The summed E-state index contributed by atoms with van der Waals surface area (Å²) < 4.78 is 1.75. The number of aryl methyl sites for hydroxylation is 1. The number of anilines is 1. The summed E-state index contributed by atoms with van der Waals surface area (Å²) in [4.78, 5) is 13.2. The lowest BCUT2D eigenvalue weighted by Crippen LogP contribution is -2.17. The molecule has 1 amide bonds. The molecular weight excluding hydrogens is 330 g/mol. The molecule has 0 atom stereocenters. The summed E-state index contributed by atoms with van der Waals surface area (Å²) in [5.41, 5.74) is 0. The predicted molar refractivity (Wildman–Crippen MR) is 96.2 cm³/mol. The maximum atomic E-state index is 12.2. The van der Waals surface area contributed by atoms with E-state index in [0.717, 1.165) is 15.7 Å². The molecule has 0 unspecified atom stereocenters. The Labute approximate surface area is 143 Å². The molecule has 0 bridgehead atoms. The molecule has 4 nitrogen and oxygen atoms in total. The molecular formula is C17H16ClN3OS. The van der Waals surface area contributed by atoms with E-state index in [1.54, 1.807) is 16.9 Å². The lowest BCUT2D eigenvalue weighted by Gasteiger charge is -2.09. The van der Waals surface area contributed by atoms with E-state index in [1.807, 2.05) is 43.3 Å². The molecule has 3 rings (SSSR count). The summed E-state index contributed by atoms with van der Waals surface area (Å²) in [7, 11) is 0. The van der Waals surface area contributed by atoms with E-state index < -0.39 is 0 Å². The van der Waals surface area contributed by atoms with Crippen LogP contribution in [-0.2, 0) is 11.3 Å². The number of aromatic nitrogens is 2. The van der Waals surface area contributed by atoms with Crippen molar-refractivity contribution in [3.8, 4) is 0 Å². The quantitative estimate of drug-likeness (QED) is 0.695. The summed E-state index contributed by atoms with van der Waals surface area (Å²) in [6.45, 7) is 2.70. The van der Waals surface area contributed by atoms with Crippen LogP contribution < -0.4 is 5.32 Å². The third-order valence-corrected chi connectivity index (χ3v) is 4.83. The molecule has 1 heterocycles. The van der Waals surface area contributed by atoms with Crippen LogP contribution in [0, 0.1) is 0 Å². The van der Waals surface area contributed by atoms with E-state index in [2.05, 4.69) is 10.4 Å². The zero-order valence-electron chi connectivity index (χ0n) is 12.6. The highest BCUT2D eigenvalue weighted by Crippen LogP contribution is 2.33. The van der Waals surface area contributed by atoms with Crippen molar-refractivity contribution in [1.82, 2.24) is 9.78 Å². The maximum Gasteiger partial charge on any atom is 0.235 e. The molecule has 0 saturated carbocycles. The van der Waals surface area contributed by atoms with Crippen molar-refractivity contribution in [2.45, 2.75) is 18.4 Å². The molecule has 0 aliphatic heterocycles. The predicted octanol–water partition coefficient (Wildman–Crippen LogP) is 4.44. The van der Waals surface area contributed by atoms with Crippen LogP contribution >= 0.6 is 23.4 Å². The third kappa shape index (κ3) is 3.51. The van der Waals surface area contributed by atoms with E-state index in [-0.39, 0.29) is 5.91 Å². The Kier molecular flexibility index (Phi) is 4.88. The Bertz CT molecular complexity index is 841. The van der Waals surface area contributed by atoms with Crippen molar-refractivity contribution in [2.75, 3.05) is 11.1 Å². The Morgan fingerprint density at radius 2 is 2.04 bits per heavy atom. The summed E-state index contributed by atoms with van der Waals surface area (Å²) in [5.74, 6) is 0.975. The van der Waals surface area contributed by atoms with Crippen LogP contribution in [0.3, 0.4) is 0 Å². The minimum Gasteiger partial charge on any atom is -0.310 e. The van der Waals surface area contributed by atoms with Gasteiger partial charge in [-0.05, 0) is 24.4 Å². The van der Waals surface area contributed by atoms with Crippen molar-refractivity contribution < 1.29 is 4.79 Å². The molecule has 23 heavy (non-hydrogen) atoms. The van der Waals surface area contributed by atoms with Gasteiger partial charge < -0.3 is 5.32 Å². The highest BCUT2D eigenvalue weighted by Gasteiger charge is 2.10. The number of benzene rings is 2. The summed E-state index contributed by atoms with van der Waals surface area (Å²) in [6, 6.07) is 13.6. The average molecular weight is 346 g/mol. The molecule has 3 aromatic rings. The minimum absolute atomic E-state index is 0.0609. The van der Waals surface area contributed by atoms with E-state index in [0.29, 0.717) is 23.1 Å². The Hall–Kier alpha value is -1.98. The molecule has 0 radical (unpaired) electrons. The molecule has 2 aromatic carbocycles. The van der Waals surface area contributed by atoms with Gasteiger partial charge in [-0.2, -0.15) is 5.10 Å². The monoisotopic (exact) mass is 345 g/mol. The van der Waals surface area contributed by atoms with Gasteiger partial charge in [0.15, 0.2) is 0 Å². The molecule has 0 saturated heterocycles. The molecule has 6 heteroatoms. The number of nitrogens with one attached hydrogen (secondary N) is 1. The van der Waals surface area contributed by atoms with Gasteiger partial charge in [-0.25, -0.2) is 4.68 Å². The lowest BCUT2D eigenvalue weighted by atomic mass is 10.1. The number of hydrogen-bond donors (Lipinski definition) is 1. The smallest absolute Gasteiger partial charge is 0.235 e. The van der Waals surface area contributed by atoms with Crippen LogP contribution in [0.25, 0.3) is 10.8 Å². The van der Waals surface area contributed by atoms with Crippen LogP contribution in [0.15, 0.2) is 53.6 Å². The average Bonchev–Trinajstić information content (AvgIpc) is 3.00. The number of fused-ring (bicyclic) bond motifs is 1. The van der Waals surface area contributed by atoms with Gasteiger partial charge in [0.2, 0.25) is 5.91 Å². The maximum absolute atomic E-state index is 12.2. The number of carbonyl (C=O) groups excluding carboxylic acids is 1. The van der Waals surface area contributed by atoms with E-state index in [1.165, 1.54) is 11.8 Å². The lowest BCUT2D eigenvalue weighted by molar-refractivity contribution is -0.113. The van der Waals surface area contributed by atoms with Gasteiger partial charge in [0.1, 0.15) is 5.82 Å². The van der Waals surface area contributed by atoms with Crippen LogP contribution in [0.5, 0.6) is 0 Å². The first-order valence-electron chi connectivity index (χ1n) is 7.30. The number of rotatable bonds is 5. The Balaban J connectivity index is 1.72. The molecule has 118 valence electrons. The summed E-state index contributed by atoms with van der Waals surface area (Å²) in [6.07, 6.45) is 1.68. The van der Waals surface area contributed by atoms with Gasteiger partial charge in [-0.3, -0.25) is 4.79 Å². The first-order chi connectivity index (χ1) is 11.2. The SMILES string of the molecule is CCn1nccc1NC(=O)CSc1cccc2cccc(Cl)c12. The van der Waals surface area contributed by atoms with Gasteiger partial charge in [0.25, 0.3) is 0 Å². The minimum atomic E-state index is -0.0609. The van der Waals surface area contributed by atoms with E-state index in [9.17, 15) is 4.79 Å². The standard InChI is InChI=1S/C17H16ClN3OS/c1-2-21-15(9-10-19-21)20-16(22)11-23-14-8-4-6-12-5-3-7-13(18)17(12)14/h3-10H,2,11H2,1H3,(H,20,22). The van der Waals surface area contributed by atoms with Crippen LogP contribution in [-0.4, -0.2) is 21.4 Å². The van der Waals surface area contributed by atoms with Crippen molar-refractivity contribution in [3.63, 3.8) is 0 Å². The number of hydrogen-bond acceptors (Lipinski definition) is 3. The number of amides is 1. The second-order valence-corrected chi connectivity index (χ2v) is 6.39. The fraction of sp³-hybridized carbons (Fsp3) is 0.176. The van der Waals surface area contributed by atoms with Crippen molar-refractivity contribution in [3.05, 3.63) is 53.7 Å². The zero-order valence-corrected chi connectivity index (χ0v) is 14.2. The van der Waals surface area contributed by atoms with Gasteiger partial charge in [-0.1, -0.05) is 35.9 Å². The normalized spacial score (nSPS) is 10.9. The second-order valence-electron chi connectivity index (χ2n) is 4.96. The van der Waals surface area contributed by atoms with Gasteiger partial charge in [-0.15, -0.1) is 11.8 Å². The second kappa shape index (κ2) is 7.06. The zero-order chi connectivity index (χ0) is 16.2. The molecule has 0 aliphatic rings.